The minimum Gasteiger partial charge on any atom is -0.399 e. The van der Waals surface area contributed by atoms with E-state index in [0.717, 1.165) is 37.1 Å². The van der Waals surface area contributed by atoms with Crippen LogP contribution in [0.15, 0.2) is 72.8 Å². The van der Waals surface area contributed by atoms with Gasteiger partial charge in [0, 0.05) is 11.4 Å². The molecule has 0 fully saturated rings. The number of aryl methyl sites for hydroxylation is 6. The molecule has 37 heavy (non-hydrogen) atoms. The maximum Gasteiger partial charge on any atom is 0.0314 e. The van der Waals surface area contributed by atoms with E-state index in [1.807, 2.05) is 24.3 Å². The Hall–Kier alpha value is -3.52. The molecule has 0 atom stereocenters. The zero-order valence-electron chi connectivity index (χ0n) is 23.0. The third kappa shape index (κ3) is 7.26. The van der Waals surface area contributed by atoms with E-state index < -0.39 is 0 Å². The number of benzene rings is 4. The van der Waals surface area contributed by atoms with Crippen LogP contribution in [-0.4, -0.2) is 0 Å². The van der Waals surface area contributed by atoms with E-state index in [-0.39, 0.29) is 0 Å². The molecule has 0 unspecified atom stereocenters. The van der Waals surface area contributed by atoms with Crippen molar-refractivity contribution in [1.82, 2.24) is 0 Å². The summed E-state index contributed by atoms with van der Waals surface area (Å²) < 4.78 is 0. The van der Waals surface area contributed by atoms with Crippen LogP contribution in [0.3, 0.4) is 0 Å². The van der Waals surface area contributed by atoms with Gasteiger partial charge in [0.05, 0.1) is 0 Å². The van der Waals surface area contributed by atoms with Gasteiger partial charge in [-0.15, -0.1) is 0 Å². The topological polar surface area (TPSA) is 52.0 Å². The lowest BCUT2D eigenvalue weighted by Gasteiger charge is -2.14. The van der Waals surface area contributed by atoms with E-state index in [4.69, 9.17) is 11.5 Å². The van der Waals surface area contributed by atoms with Gasteiger partial charge in [-0.3, -0.25) is 0 Å². The monoisotopic (exact) mass is 490 g/mol. The molecule has 0 heterocycles. The first-order valence-corrected chi connectivity index (χ1v) is 13.7. The number of nitrogens with two attached hydrogens (primary N) is 2. The molecule has 2 nitrogen and oxygen atoms in total. The van der Waals surface area contributed by atoms with Crippen LogP contribution in [0.25, 0.3) is 0 Å². The van der Waals surface area contributed by atoms with Gasteiger partial charge in [-0.25, -0.2) is 0 Å². The molecule has 0 saturated heterocycles. The molecule has 0 aliphatic carbocycles. The van der Waals surface area contributed by atoms with Crippen LogP contribution in [0, 0.1) is 27.7 Å². The van der Waals surface area contributed by atoms with Crippen molar-refractivity contribution >= 4 is 11.4 Å². The predicted octanol–water partition coefficient (Wildman–Crippen LogP) is 8.22. The molecule has 0 aliphatic rings. The van der Waals surface area contributed by atoms with Gasteiger partial charge in [0.25, 0.3) is 0 Å². The average Bonchev–Trinajstić information content (AvgIpc) is 2.86. The van der Waals surface area contributed by atoms with Gasteiger partial charge in [-0.05, 0) is 146 Å². The average molecular weight is 491 g/mol. The highest BCUT2D eigenvalue weighted by molar-refractivity contribution is 5.46. The molecule has 0 saturated carbocycles. The molecule has 0 bridgehead atoms. The van der Waals surface area contributed by atoms with Crippen molar-refractivity contribution in [1.29, 1.82) is 0 Å². The first-order chi connectivity index (χ1) is 17.8. The number of anilines is 2. The third-order valence-corrected chi connectivity index (χ3v) is 7.66. The summed E-state index contributed by atoms with van der Waals surface area (Å²) in [5, 5.41) is 0. The lowest BCUT2D eigenvalue weighted by atomic mass is 9.91. The summed E-state index contributed by atoms with van der Waals surface area (Å²) >= 11 is 0. The fourth-order valence-corrected chi connectivity index (χ4v) is 5.53. The molecule has 192 valence electrons. The van der Waals surface area contributed by atoms with Crippen molar-refractivity contribution in [2.24, 2.45) is 0 Å². The molecule has 2 heteroatoms. The summed E-state index contributed by atoms with van der Waals surface area (Å²) in [5.41, 5.74) is 27.4. The highest BCUT2D eigenvalue weighted by atomic mass is 14.5. The van der Waals surface area contributed by atoms with E-state index in [1.54, 1.807) is 0 Å². The Bertz CT molecular complexity index is 1180. The summed E-state index contributed by atoms with van der Waals surface area (Å²) in [5.74, 6) is 0. The Morgan fingerprint density at radius 2 is 0.757 bits per heavy atom. The normalized spacial score (nSPS) is 11.1. The van der Waals surface area contributed by atoms with Crippen LogP contribution in [-0.2, 0) is 25.7 Å². The van der Waals surface area contributed by atoms with Crippen LogP contribution in [0.2, 0.25) is 0 Å². The Labute approximate surface area is 223 Å². The zero-order chi connectivity index (χ0) is 26.4. The maximum atomic E-state index is 5.85. The SMILES string of the molecule is Cc1cc(CCCCCc2cc(C)c(Cc3ccc(N)cc3)c(C)c2)cc(C)c1Cc1ccc(N)cc1. The van der Waals surface area contributed by atoms with Crippen molar-refractivity contribution in [2.45, 2.75) is 72.6 Å². The molecule has 0 amide bonds. The summed E-state index contributed by atoms with van der Waals surface area (Å²) in [6, 6.07) is 26.1. The Kier molecular flexibility index (Phi) is 8.71. The van der Waals surface area contributed by atoms with Crippen molar-refractivity contribution < 1.29 is 0 Å². The van der Waals surface area contributed by atoms with Gasteiger partial charge >= 0.3 is 0 Å². The van der Waals surface area contributed by atoms with Gasteiger partial charge in [-0.2, -0.15) is 0 Å². The Morgan fingerprint density at radius 3 is 1.08 bits per heavy atom. The molecule has 0 radical (unpaired) electrons. The molecule has 4 N–H and O–H groups in total. The maximum absolute atomic E-state index is 5.85. The van der Waals surface area contributed by atoms with Gasteiger partial charge in [0.1, 0.15) is 0 Å². The van der Waals surface area contributed by atoms with Gasteiger partial charge in [0.15, 0.2) is 0 Å². The van der Waals surface area contributed by atoms with Crippen LogP contribution in [0.5, 0.6) is 0 Å². The first-order valence-electron chi connectivity index (χ1n) is 13.7. The number of unbranched alkanes of at least 4 members (excludes halogenated alkanes) is 2. The second kappa shape index (κ2) is 12.1. The molecule has 4 aromatic carbocycles. The fourth-order valence-electron chi connectivity index (χ4n) is 5.53. The van der Waals surface area contributed by atoms with E-state index in [0.29, 0.717) is 0 Å². The molecule has 4 rings (SSSR count). The van der Waals surface area contributed by atoms with E-state index in [1.165, 1.54) is 74.9 Å². The van der Waals surface area contributed by atoms with Gasteiger partial charge in [-0.1, -0.05) is 55.0 Å². The highest BCUT2D eigenvalue weighted by Gasteiger charge is 2.09. The van der Waals surface area contributed by atoms with E-state index in [9.17, 15) is 0 Å². The van der Waals surface area contributed by atoms with Crippen molar-refractivity contribution in [2.75, 3.05) is 11.5 Å². The minimum absolute atomic E-state index is 0.823. The first kappa shape index (κ1) is 26.5. The van der Waals surface area contributed by atoms with Crippen molar-refractivity contribution in [3.63, 3.8) is 0 Å². The van der Waals surface area contributed by atoms with Gasteiger partial charge < -0.3 is 11.5 Å². The van der Waals surface area contributed by atoms with Crippen LogP contribution in [0.1, 0.15) is 74.9 Å². The molecular formula is C35H42N2. The Morgan fingerprint density at radius 1 is 0.432 bits per heavy atom. The van der Waals surface area contributed by atoms with E-state index in [2.05, 4.69) is 76.2 Å². The summed E-state index contributed by atoms with van der Waals surface area (Å²) in [4.78, 5) is 0. The lowest BCUT2D eigenvalue weighted by Crippen LogP contribution is -2.00. The third-order valence-electron chi connectivity index (χ3n) is 7.66. The zero-order valence-corrected chi connectivity index (χ0v) is 23.0. The highest BCUT2D eigenvalue weighted by Crippen LogP contribution is 2.24. The predicted molar refractivity (Wildman–Crippen MR) is 160 cm³/mol. The number of hydrogen-bond donors (Lipinski definition) is 2. The smallest absolute Gasteiger partial charge is 0.0314 e. The Balaban J connectivity index is 1.27. The number of rotatable bonds is 10. The van der Waals surface area contributed by atoms with Crippen molar-refractivity contribution in [3.8, 4) is 0 Å². The van der Waals surface area contributed by atoms with Crippen LogP contribution >= 0.6 is 0 Å². The van der Waals surface area contributed by atoms with Crippen LogP contribution < -0.4 is 11.5 Å². The summed E-state index contributed by atoms with van der Waals surface area (Å²) in [7, 11) is 0. The summed E-state index contributed by atoms with van der Waals surface area (Å²) in [6.45, 7) is 9.02. The number of nitrogen functional groups attached to an aromatic ring is 2. The fraction of sp³-hybridized carbons (Fsp3) is 0.314. The van der Waals surface area contributed by atoms with Gasteiger partial charge in [0.2, 0.25) is 0 Å². The van der Waals surface area contributed by atoms with Crippen LogP contribution in [0.4, 0.5) is 11.4 Å². The molecule has 4 aromatic rings. The molecular weight excluding hydrogens is 448 g/mol. The second-order valence-corrected chi connectivity index (χ2v) is 10.8. The quantitative estimate of drug-likeness (QED) is 0.174. The second-order valence-electron chi connectivity index (χ2n) is 10.8. The largest absolute Gasteiger partial charge is 0.399 e. The number of hydrogen-bond acceptors (Lipinski definition) is 2. The molecule has 0 aromatic heterocycles. The van der Waals surface area contributed by atoms with Crippen molar-refractivity contribution in [3.05, 3.63) is 128 Å². The van der Waals surface area contributed by atoms with E-state index >= 15 is 0 Å². The standard InChI is InChI=1S/C35H42N2/c1-24-18-30(19-25(2)34(24)22-28-10-14-32(36)15-11-28)8-6-5-7-9-31-20-26(3)35(27(4)21-31)23-29-12-16-33(37)17-13-29/h10-21H,5-9,22-23,36-37H2,1-4H3. The summed E-state index contributed by atoms with van der Waals surface area (Å²) in [6.07, 6.45) is 7.99. The molecule has 0 spiro atoms. The lowest BCUT2D eigenvalue weighted by molar-refractivity contribution is 0.677. The molecule has 0 aliphatic heterocycles. The minimum atomic E-state index is 0.823.